The van der Waals surface area contributed by atoms with Crippen LogP contribution in [0, 0.1) is 12.8 Å². The summed E-state index contributed by atoms with van der Waals surface area (Å²) in [7, 11) is 0. The number of carbonyl (C=O) groups is 2. The molecule has 0 bridgehead atoms. The maximum absolute atomic E-state index is 14.8. The molecular weight excluding hydrogens is 641 g/mol. The van der Waals surface area contributed by atoms with E-state index in [-0.39, 0.29) is 23.7 Å². The van der Waals surface area contributed by atoms with Gasteiger partial charge in [0.1, 0.15) is 5.54 Å². The Morgan fingerprint density at radius 1 is 0.920 bits per heavy atom. The van der Waals surface area contributed by atoms with Crippen LogP contribution in [0.25, 0.3) is 21.5 Å². The number of ketones is 1. The van der Waals surface area contributed by atoms with Crippen LogP contribution >= 0.6 is 11.3 Å². The summed E-state index contributed by atoms with van der Waals surface area (Å²) in [5, 5.41) is 12.5. The molecule has 0 saturated carbocycles. The summed E-state index contributed by atoms with van der Waals surface area (Å²) in [5.74, 6) is -0.173. The quantitative estimate of drug-likeness (QED) is 0.102. The van der Waals surface area contributed by atoms with Crippen molar-refractivity contribution in [3.8, 4) is 0 Å². The van der Waals surface area contributed by atoms with Gasteiger partial charge in [-0.3, -0.25) is 9.59 Å². The van der Waals surface area contributed by atoms with Crippen molar-refractivity contribution in [2.24, 2.45) is 17.4 Å². The van der Waals surface area contributed by atoms with Gasteiger partial charge in [0.05, 0.1) is 12.1 Å². The van der Waals surface area contributed by atoms with Crippen LogP contribution in [0.5, 0.6) is 0 Å². The largest absolute Gasteiger partial charge is 0.362 e. The average Bonchev–Trinajstić information content (AvgIpc) is 3.54. The maximum Gasteiger partial charge on any atom is 0.240 e. The van der Waals surface area contributed by atoms with Crippen LogP contribution in [0.3, 0.4) is 0 Å². The standard InChI is InChI=1S/C41H50N6O2S/c1-27(2)23-41(38(48)36(42)21-29-14-16-31-9-4-6-11-33(31)19-29)26-46-35(13-8-18-44-40-45-24-28(3)50-40)25-47(41)39(49)37(43)22-30-15-17-32-10-5-7-12-34(32)20-30/h4-7,9-12,14-17,19-20,24,27,35-37,46H,8,13,18,21-23,25-26,42-43H2,1-3H3,(H,44,45)/t35-,36?,37?,41+/m0/s1. The minimum absolute atomic E-state index is 0.0106. The van der Waals surface area contributed by atoms with Crippen molar-refractivity contribution >= 4 is 49.7 Å². The Labute approximate surface area is 299 Å². The summed E-state index contributed by atoms with van der Waals surface area (Å²) in [5.41, 5.74) is 14.5. The monoisotopic (exact) mass is 690 g/mol. The van der Waals surface area contributed by atoms with Crippen molar-refractivity contribution < 1.29 is 9.59 Å². The number of carbonyl (C=O) groups excluding carboxylic acids is 2. The molecule has 1 aliphatic rings. The highest BCUT2D eigenvalue weighted by Gasteiger charge is 2.51. The summed E-state index contributed by atoms with van der Waals surface area (Å²) in [6, 6.07) is 27.2. The fraction of sp³-hybridized carbons (Fsp3) is 0.390. The van der Waals surface area contributed by atoms with Crippen molar-refractivity contribution in [3.05, 3.63) is 107 Å². The third kappa shape index (κ3) is 8.24. The minimum atomic E-state index is -1.12. The molecule has 9 heteroatoms. The van der Waals surface area contributed by atoms with E-state index in [1.807, 2.05) is 54.4 Å². The molecule has 0 aliphatic carbocycles. The van der Waals surface area contributed by atoms with Gasteiger partial charge in [0.2, 0.25) is 5.91 Å². The number of nitrogens with one attached hydrogen (secondary N) is 2. The summed E-state index contributed by atoms with van der Waals surface area (Å²) in [6.45, 7) is 7.74. The Hall–Kier alpha value is -4.15. The van der Waals surface area contributed by atoms with E-state index >= 15 is 0 Å². The van der Waals surface area contributed by atoms with E-state index in [0.717, 1.165) is 57.2 Å². The molecule has 50 heavy (non-hydrogen) atoms. The highest BCUT2D eigenvalue weighted by molar-refractivity contribution is 7.15. The Balaban J connectivity index is 1.24. The van der Waals surface area contributed by atoms with Gasteiger partial charge in [-0.1, -0.05) is 98.8 Å². The van der Waals surface area contributed by atoms with Crippen LogP contribution in [0.1, 0.15) is 49.1 Å². The van der Waals surface area contributed by atoms with E-state index in [9.17, 15) is 9.59 Å². The molecular formula is C41H50N6O2S. The number of amides is 1. The molecule has 1 saturated heterocycles. The molecule has 2 heterocycles. The number of benzene rings is 4. The van der Waals surface area contributed by atoms with E-state index in [1.165, 1.54) is 4.88 Å². The fourth-order valence-corrected chi connectivity index (χ4v) is 8.18. The van der Waals surface area contributed by atoms with Crippen LogP contribution in [0.15, 0.2) is 91.1 Å². The Morgan fingerprint density at radius 3 is 2.10 bits per heavy atom. The molecule has 6 N–H and O–H groups in total. The number of Topliss-reactive ketones (excluding diaryl/α,β-unsaturated/α-hetero) is 1. The SMILES string of the molecule is Cc1cnc(NCCC[C@H]2CN(C(=O)C(N)Cc3ccc4ccccc4c3)[C@@](CC(C)C)(C(=O)C(N)Cc3ccc4ccccc4c3)CN2)s1. The molecule has 1 aromatic heterocycles. The van der Waals surface area contributed by atoms with Gasteiger partial charge >= 0.3 is 0 Å². The lowest BCUT2D eigenvalue weighted by atomic mass is 9.76. The van der Waals surface area contributed by atoms with Gasteiger partial charge in [-0.25, -0.2) is 4.98 Å². The number of hydrogen-bond donors (Lipinski definition) is 4. The molecule has 1 aliphatic heterocycles. The summed E-state index contributed by atoms with van der Waals surface area (Å²) < 4.78 is 0. The highest BCUT2D eigenvalue weighted by atomic mass is 32.1. The molecule has 1 fully saturated rings. The predicted molar refractivity (Wildman–Crippen MR) is 207 cm³/mol. The highest BCUT2D eigenvalue weighted by Crippen LogP contribution is 2.32. The van der Waals surface area contributed by atoms with Crippen molar-refractivity contribution in [2.75, 3.05) is 25.0 Å². The molecule has 8 nitrogen and oxygen atoms in total. The van der Waals surface area contributed by atoms with Crippen LogP contribution in [0.2, 0.25) is 0 Å². The van der Waals surface area contributed by atoms with Gasteiger partial charge in [-0.15, -0.1) is 11.3 Å². The molecule has 262 valence electrons. The van der Waals surface area contributed by atoms with Crippen LogP contribution in [0.4, 0.5) is 5.13 Å². The molecule has 1 amide bonds. The zero-order valence-electron chi connectivity index (χ0n) is 29.4. The van der Waals surface area contributed by atoms with Crippen molar-refractivity contribution in [2.45, 2.75) is 76.5 Å². The van der Waals surface area contributed by atoms with Crippen LogP contribution in [-0.2, 0) is 22.4 Å². The number of anilines is 1. The smallest absolute Gasteiger partial charge is 0.240 e. The molecule has 4 aromatic carbocycles. The minimum Gasteiger partial charge on any atom is -0.362 e. The van der Waals surface area contributed by atoms with Crippen molar-refractivity contribution in [1.29, 1.82) is 0 Å². The first-order valence-electron chi connectivity index (χ1n) is 17.8. The second-order valence-electron chi connectivity index (χ2n) is 14.3. The van der Waals surface area contributed by atoms with Gasteiger partial charge in [0.25, 0.3) is 0 Å². The number of nitrogens with two attached hydrogens (primary N) is 2. The molecule has 6 rings (SSSR count). The molecule has 2 unspecified atom stereocenters. The van der Waals surface area contributed by atoms with E-state index in [1.54, 1.807) is 11.3 Å². The van der Waals surface area contributed by atoms with Crippen LogP contribution < -0.4 is 22.1 Å². The summed E-state index contributed by atoms with van der Waals surface area (Å²) >= 11 is 1.64. The predicted octanol–water partition coefficient (Wildman–Crippen LogP) is 6.24. The second kappa shape index (κ2) is 15.8. The van der Waals surface area contributed by atoms with E-state index in [0.29, 0.717) is 32.4 Å². The Bertz CT molecular complexity index is 1940. The summed E-state index contributed by atoms with van der Waals surface area (Å²) in [4.78, 5) is 36.8. The first-order valence-corrected chi connectivity index (χ1v) is 18.6. The second-order valence-corrected chi connectivity index (χ2v) is 15.6. The lowest BCUT2D eigenvalue weighted by Gasteiger charge is -2.51. The zero-order chi connectivity index (χ0) is 35.3. The zero-order valence-corrected chi connectivity index (χ0v) is 30.2. The van der Waals surface area contributed by atoms with Gasteiger partial charge in [0.15, 0.2) is 10.9 Å². The van der Waals surface area contributed by atoms with Crippen molar-refractivity contribution in [1.82, 2.24) is 15.2 Å². The number of aromatic nitrogens is 1. The topological polar surface area (TPSA) is 126 Å². The first-order chi connectivity index (χ1) is 24.1. The lowest BCUT2D eigenvalue weighted by molar-refractivity contribution is -0.153. The number of rotatable bonds is 14. The molecule has 0 radical (unpaired) electrons. The first kappa shape index (κ1) is 35.7. The van der Waals surface area contributed by atoms with E-state index < -0.39 is 17.6 Å². The molecule has 0 spiro atoms. The van der Waals surface area contributed by atoms with Gasteiger partial charge in [-0.05, 0) is 77.6 Å². The normalized spacial score (nSPS) is 19.2. The number of fused-ring (bicyclic) bond motifs is 2. The number of hydrogen-bond acceptors (Lipinski definition) is 8. The van der Waals surface area contributed by atoms with Gasteiger partial charge in [-0.2, -0.15) is 0 Å². The van der Waals surface area contributed by atoms with Crippen LogP contribution in [-0.4, -0.2) is 64.9 Å². The lowest BCUT2D eigenvalue weighted by Crippen LogP contribution is -2.73. The number of thiazole rings is 1. The number of aryl methyl sites for hydroxylation is 1. The summed E-state index contributed by atoms with van der Waals surface area (Å²) in [6.07, 6.45) is 4.85. The number of nitrogens with zero attached hydrogens (tertiary/aromatic N) is 2. The Kier molecular flexibility index (Phi) is 11.3. The van der Waals surface area contributed by atoms with E-state index in [2.05, 4.69) is 78.0 Å². The third-order valence-corrected chi connectivity index (χ3v) is 10.8. The molecule has 4 atom stereocenters. The Morgan fingerprint density at radius 2 is 1.52 bits per heavy atom. The average molecular weight is 691 g/mol. The third-order valence-electron chi connectivity index (χ3n) is 9.89. The van der Waals surface area contributed by atoms with E-state index in [4.69, 9.17) is 11.5 Å². The molecule has 5 aromatic rings. The van der Waals surface area contributed by atoms with Gasteiger partial charge in [0, 0.05) is 36.8 Å². The van der Waals surface area contributed by atoms with Crippen molar-refractivity contribution in [3.63, 3.8) is 0 Å². The number of piperazine rings is 1. The van der Waals surface area contributed by atoms with Gasteiger partial charge < -0.3 is 27.0 Å². The maximum atomic E-state index is 14.8. The fourth-order valence-electron chi connectivity index (χ4n) is 7.49.